The highest BCUT2D eigenvalue weighted by Crippen LogP contribution is 2.33. The van der Waals surface area contributed by atoms with E-state index in [1.165, 1.54) is 32.3 Å². The third-order valence-corrected chi connectivity index (χ3v) is 3.64. The molecule has 1 heterocycles. The summed E-state index contributed by atoms with van der Waals surface area (Å²) in [6.07, 6.45) is 0. The van der Waals surface area contributed by atoms with Crippen LogP contribution < -0.4 is 0 Å². The molecule has 0 atom stereocenters. The van der Waals surface area contributed by atoms with E-state index in [9.17, 15) is 18.8 Å². The number of esters is 1. The van der Waals surface area contributed by atoms with Crippen LogP contribution in [0.2, 0.25) is 0 Å². The maximum absolute atomic E-state index is 14.3. The van der Waals surface area contributed by atoms with Crippen molar-refractivity contribution in [2.45, 2.75) is 13.8 Å². The van der Waals surface area contributed by atoms with Crippen LogP contribution in [0.5, 0.6) is 0 Å². The van der Waals surface area contributed by atoms with E-state index in [1.54, 1.807) is 19.9 Å². The minimum Gasteiger partial charge on any atom is -0.462 e. The maximum atomic E-state index is 14.3. The van der Waals surface area contributed by atoms with Gasteiger partial charge < -0.3 is 14.6 Å². The summed E-state index contributed by atoms with van der Waals surface area (Å²) >= 11 is 0. The number of nitrogens with one attached hydrogen (secondary N) is 1. The van der Waals surface area contributed by atoms with E-state index in [1.807, 2.05) is 0 Å². The fourth-order valence-electron chi connectivity index (χ4n) is 2.50. The SMILES string of the molecule is CCOC(=O)c1c(C)[nH]c(C(=O)C(=O)N(C)C)c1-c1ccccc1F. The topological polar surface area (TPSA) is 79.5 Å². The first kappa shape index (κ1) is 18.4. The first-order chi connectivity index (χ1) is 11.8. The maximum Gasteiger partial charge on any atom is 0.340 e. The first-order valence-corrected chi connectivity index (χ1v) is 7.70. The van der Waals surface area contributed by atoms with Crippen molar-refractivity contribution in [1.82, 2.24) is 9.88 Å². The molecule has 25 heavy (non-hydrogen) atoms. The van der Waals surface area contributed by atoms with Crippen molar-refractivity contribution in [3.05, 3.63) is 47.0 Å². The van der Waals surface area contributed by atoms with Crippen LogP contribution in [0.15, 0.2) is 24.3 Å². The number of rotatable bonds is 5. The van der Waals surface area contributed by atoms with E-state index in [0.29, 0.717) is 5.69 Å². The number of hydrogen-bond acceptors (Lipinski definition) is 4. The Morgan fingerprint density at radius 1 is 1.20 bits per heavy atom. The molecule has 0 saturated heterocycles. The van der Waals surface area contributed by atoms with Crippen LogP contribution in [0.3, 0.4) is 0 Å². The summed E-state index contributed by atoms with van der Waals surface area (Å²) in [5, 5.41) is 0. The van der Waals surface area contributed by atoms with Gasteiger partial charge in [-0.15, -0.1) is 0 Å². The molecule has 0 bridgehead atoms. The number of halogens is 1. The van der Waals surface area contributed by atoms with Gasteiger partial charge in [-0.2, -0.15) is 0 Å². The standard InChI is InChI=1S/C18H19FN2O4/c1-5-25-18(24)13-10(2)20-15(16(22)17(23)21(3)4)14(13)11-8-6-7-9-12(11)19/h6-9,20H,5H2,1-4H3. The van der Waals surface area contributed by atoms with Gasteiger partial charge >= 0.3 is 5.97 Å². The normalized spacial score (nSPS) is 10.4. The van der Waals surface area contributed by atoms with Gasteiger partial charge in [-0.05, 0) is 19.9 Å². The molecule has 0 aliphatic carbocycles. The van der Waals surface area contributed by atoms with Crippen LogP contribution in [0, 0.1) is 12.7 Å². The molecule has 0 spiro atoms. The Hall–Kier alpha value is -2.96. The number of Topliss-reactive ketones (excluding diaryl/α,β-unsaturated/α-hetero) is 1. The molecule has 6 nitrogen and oxygen atoms in total. The summed E-state index contributed by atoms with van der Waals surface area (Å²) in [5.74, 6) is -2.94. The zero-order valence-electron chi connectivity index (χ0n) is 14.5. The number of ketones is 1. The fraction of sp³-hybridized carbons (Fsp3) is 0.278. The Bertz CT molecular complexity index is 840. The molecule has 0 saturated carbocycles. The zero-order chi connectivity index (χ0) is 18.7. The summed E-state index contributed by atoms with van der Waals surface area (Å²) in [6, 6.07) is 5.73. The summed E-state index contributed by atoms with van der Waals surface area (Å²) < 4.78 is 19.4. The zero-order valence-corrected chi connectivity index (χ0v) is 14.5. The molecule has 7 heteroatoms. The fourth-order valence-corrected chi connectivity index (χ4v) is 2.50. The number of amides is 1. The van der Waals surface area contributed by atoms with Gasteiger partial charge in [0.2, 0.25) is 0 Å². The van der Waals surface area contributed by atoms with Gasteiger partial charge in [0.25, 0.3) is 11.7 Å². The second-order valence-electron chi connectivity index (χ2n) is 5.60. The molecule has 132 valence electrons. The summed E-state index contributed by atoms with van der Waals surface area (Å²) in [7, 11) is 2.87. The van der Waals surface area contributed by atoms with Crippen LogP contribution in [-0.4, -0.2) is 48.2 Å². The molecule has 0 unspecified atom stereocenters. The van der Waals surface area contributed by atoms with Crippen molar-refractivity contribution in [1.29, 1.82) is 0 Å². The van der Waals surface area contributed by atoms with Crippen molar-refractivity contribution in [3.8, 4) is 11.1 Å². The Morgan fingerprint density at radius 3 is 2.40 bits per heavy atom. The average Bonchev–Trinajstić information content (AvgIpc) is 2.91. The van der Waals surface area contributed by atoms with E-state index < -0.39 is 23.5 Å². The van der Waals surface area contributed by atoms with E-state index >= 15 is 0 Å². The lowest BCUT2D eigenvalue weighted by molar-refractivity contribution is -0.124. The van der Waals surface area contributed by atoms with Gasteiger partial charge in [0.05, 0.1) is 12.2 Å². The van der Waals surface area contributed by atoms with Gasteiger partial charge in [-0.3, -0.25) is 9.59 Å². The average molecular weight is 346 g/mol. The van der Waals surface area contributed by atoms with E-state index in [-0.39, 0.29) is 29.0 Å². The van der Waals surface area contributed by atoms with Gasteiger partial charge in [-0.25, -0.2) is 9.18 Å². The summed E-state index contributed by atoms with van der Waals surface area (Å²) in [4.78, 5) is 40.8. The predicted molar refractivity (Wildman–Crippen MR) is 89.9 cm³/mol. The molecule has 1 aromatic heterocycles. The third-order valence-electron chi connectivity index (χ3n) is 3.64. The largest absolute Gasteiger partial charge is 0.462 e. The Labute approximate surface area is 144 Å². The molecule has 0 aliphatic heterocycles. The lowest BCUT2D eigenvalue weighted by Crippen LogP contribution is -2.30. The summed E-state index contributed by atoms with van der Waals surface area (Å²) in [5.41, 5.74) is 0.317. The molecule has 0 fully saturated rings. The van der Waals surface area contributed by atoms with Crippen molar-refractivity contribution in [2.75, 3.05) is 20.7 Å². The van der Waals surface area contributed by atoms with Crippen LogP contribution in [-0.2, 0) is 9.53 Å². The lowest BCUT2D eigenvalue weighted by Gasteiger charge is -2.11. The number of aryl methyl sites for hydroxylation is 1. The Balaban J connectivity index is 2.75. The number of benzene rings is 1. The monoisotopic (exact) mass is 346 g/mol. The quantitative estimate of drug-likeness (QED) is 0.513. The van der Waals surface area contributed by atoms with Crippen molar-refractivity contribution >= 4 is 17.7 Å². The number of nitrogens with zero attached hydrogens (tertiary/aromatic N) is 1. The first-order valence-electron chi connectivity index (χ1n) is 7.70. The number of carbonyl (C=O) groups excluding carboxylic acids is 3. The molecule has 1 N–H and O–H groups in total. The van der Waals surface area contributed by atoms with Gasteiger partial charge in [-0.1, -0.05) is 18.2 Å². The van der Waals surface area contributed by atoms with E-state index in [2.05, 4.69) is 4.98 Å². The summed E-state index contributed by atoms with van der Waals surface area (Å²) in [6.45, 7) is 3.33. The number of hydrogen-bond donors (Lipinski definition) is 1. The molecular formula is C18H19FN2O4. The molecule has 2 rings (SSSR count). The smallest absolute Gasteiger partial charge is 0.340 e. The molecular weight excluding hydrogens is 327 g/mol. The third kappa shape index (κ3) is 3.45. The van der Waals surface area contributed by atoms with Gasteiger partial charge in [0, 0.05) is 30.9 Å². The van der Waals surface area contributed by atoms with Crippen LogP contribution >= 0.6 is 0 Å². The minimum absolute atomic E-state index is 0.0363. The number of ether oxygens (including phenoxy) is 1. The number of carbonyl (C=O) groups is 3. The Kier molecular flexibility index (Phi) is 5.36. The van der Waals surface area contributed by atoms with E-state index in [0.717, 1.165) is 4.90 Å². The number of aromatic amines is 1. The second-order valence-corrected chi connectivity index (χ2v) is 5.60. The highest BCUT2D eigenvalue weighted by atomic mass is 19.1. The number of H-pyrrole nitrogens is 1. The van der Waals surface area contributed by atoms with Crippen LogP contribution in [0.1, 0.15) is 33.5 Å². The lowest BCUT2D eigenvalue weighted by atomic mass is 9.97. The molecule has 1 amide bonds. The Morgan fingerprint density at radius 2 is 1.84 bits per heavy atom. The molecule has 2 aromatic rings. The van der Waals surface area contributed by atoms with Crippen LogP contribution in [0.4, 0.5) is 4.39 Å². The molecule has 0 aliphatic rings. The molecule has 0 radical (unpaired) electrons. The van der Waals surface area contributed by atoms with Gasteiger partial charge in [0.1, 0.15) is 11.5 Å². The predicted octanol–water partition coefficient (Wildman–Crippen LogP) is 2.58. The molecule has 1 aromatic carbocycles. The van der Waals surface area contributed by atoms with Crippen LogP contribution in [0.25, 0.3) is 11.1 Å². The highest BCUT2D eigenvalue weighted by Gasteiger charge is 2.31. The number of likely N-dealkylation sites (N-methyl/N-ethyl adjacent to an activating group) is 1. The van der Waals surface area contributed by atoms with Gasteiger partial charge in [0.15, 0.2) is 0 Å². The minimum atomic E-state index is -0.859. The number of aromatic nitrogens is 1. The van der Waals surface area contributed by atoms with Crippen molar-refractivity contribution in [2.24, 2.45) is 0 Å². The second kappa shape index (κ2) is 7.29. The van der Waals surface area contributed by atoms with E-state index in [4.69, 9.17) is 4.74 Å². The van der Waals surface area contributed by atoms with Crippen molar-refractivity contribution in [3.63, 3.8) is 0 Å². The van der Waals surface area contributed by atoms with Crippen molar-refractivity contribution < 1.29 is 23.5 Å². The highest BCUT2D eigenvalue weighted by molar-refractivity contribution is 6.43.